The Morgan fingerprint density at radius 3 is 2.37 bits per heavy atom. The molecule has 35 heavy (non-hydrogen) atoms. The lowest BCUT2D eigenvalue weighted by molar-refractivity contribution is -0.118. The third-order valence-electron chi connectivity index (χ3n) is 4.86. The fourth-order valence-corrected chi connectivity index (χ4v) is 3.11. The highest BCUT2D eigenvalue weighted by molar-refractivity contribution is 6.00. The average molecular weight is 476 g/mol. The summed E-state index contributed by atoms with van der Waals surface area (Å²) in [7, 11) is 0. The Morgan fingerprint density at radius 1 is 1.06 bits per heavy atom. The van der Waals surface area contributed by atoms with E-state index >= 15 is 0 Å². The molecule has 0 fully saturated rings. The van der Waals surface area contributed by atoms with E-state index in [4.69, 9.17) is 9.26 Å². The van der Waals surface area contributed by atoms with Crippen molar-refractivity contribution >= 4 is 17.6 Å². The van der Waals surface area contributed by atoms with Gasteiger partial charge < -0.3 is 25.0 Å². The zero-order valence-electron chi connectivity index (χ0n) is 18.6. The fraction of sp³-hybridized carbons (Fsp3) is 0.120. The summed E-state index contributed by atoms with van der Waals surface area (Å²) in [5.74, 6) is 0.109. The molecule has 4 rings (SSSR count). The quantitative estimate of drug-likeness (QED) is 0.354. The molecule has 178 valence electrons. The van der Waals surface area contributed by atoms with Crippen LogP contribution in [0.4, 0.5) is 10.2 Å². The average Bonchev–Trinajstić information content (AvgIpc) is 3.31. The molecule has 10 heteroatoms. The van der Waals surface area contributed by atoms with Gasteiger partial charge in [0.25, 0.3) is 11.8 Å². The predicted octanol–water partition coefficient (Wildman–Crippen LogP) is 3.71. The van der Waals surface area contributed by atoms with Gasteiger partial charge >= 0.3 is 0 Å². The second-order valence-electron chi connectivity index (χ2n) is 7.51. The maximum atomic E-state index is 13.0. The number of amides is 2. The molecule has 0 aliphatic heterocycles. The number of pyridine rings is 1. The summed E-state index contributed by atoms with van der Waals surface area (Å²) in [6, 6.07) is 18.1. The Labute approximate surface area is 199 Å². The van der Waals surface area contributed by atoms with Crippen molar-refractivity contribution in [3.8, 4) is 22.8 Å². The SMILES string of the molecule is Cc1cc(C(=O)N[C@@H](CO)C(=O)Nc2cccc(-c3ccc(Oc4ccc(F)cc4)cc3)n2)no1. The summed E-state index contributed by atoms with van der Waals surface area (Å²) in [5, 5.41) is 18.2. The van der Waals surface area contributed by atoms with E-state index in [9.17, 15) is 19.1 Å². The summed E-state index contributed by atoms with van der Waals surface area (Å²) in [6.07, 6.45) is 0. The molecule has 0 aliphatic rings. The number of ether oxygens (including phenoxy) is 1. The van der Waals surface area contributed by atoms with Crippen molar-refractivity contribution in [3.05, 3.63) is 90.1 Å². The molecule has 2 amide bonds. The Kier molecular flexibility index (Phi) is 7.12. The molecular weight excluding hydrogens is 455 g/mol. The molecule has 0 saturated carbocycles. The highest BCUT2D eigenvalue weighted by Crippen LogP contribution is 2.25. The molecule has 0 unspecified atom stereocenters. The van der Waals surface area contributed by atoms with Gasteiger partial charge in [-0.15, -0.1) is 0 Å². The Morgan fingerprint density at radius 2 is 1.74 bits per heavy atom. The number of carbonyl (C=O) groups is 2. The predicted molar refractivity (Wildman–Crippen MR) is 124 cm³/mol. The summed E-state index contributed by atoms with van der Waals surface area (Å²) in [4.78, 5) is 29.2. The number of nitrogens with zero attached hydrogens (tertiary/aromatic N) is 2. The lowest BCUT2D eigenvalue weighted by atomic mass is 10.1. The number of anilines is 1. The number of aliphatic hydroxyl groups excluding tert-OH is 1. The van der Waals surface area contributed by atoms with E-state index in [1.54, 1.807) is 49.4 Å². The smallest absolute Gasteiger partial charge is 0.274 e. The van der Waals surface area contributed by atoms with Crippen molar-refractivity contribution in [2.45, 2.75) is 13.0 Å². The lowest BCUT2D eigenvalue weighted by Crippen LogP contribution is -2.46. The number of hydrogen-bond acceptors (Lipinski definition) is 7. The van der Waals surface area contributed by atoms with Crippen LogP contribution in [-0.4, -0.2) is 39.7 Å². The van der Waals surface area contributed by atoms with Crippen molar-refractivity contribution in [1.82, 2.24) is 15.5 Å². The minimum Gasteiger partial charge on any atom is -0.457 e. The van der Waals surface area contributed by atoms with Crippen molar-refractivity contribution in [2.75, 3.05) is 11.9 Å². The monoisotopic (exact) mass is 476 g/mol. The van der Waals surface area contributed by atoms with Gasteiger partial charge in [0, 0.05) is 11.6 Å². The number of aromatic nitrogens is 2. The maximum absolute atomic E-state index is 13.0. The first-order valence-corrected chi connectivity index (χ1v) is 10.6. The highest BCUT2D eigenvalue weighted by atomic mass is 19.1. The topological polar surface area (TPSA) is 127 Å². The van der Waals surface area contributed by atoms with E-state index in [0.29, 0.717) is 23.0 Å². The molecule has 3 N–H and O–H groups in total. The first kappa shape index (κ1) is 23.6. The van der Waals surface area contributed by atoms with Crippen molar-refractivity contribution < 1.29 is 28.3 Å². The summed E-state index contributed by atoms with van der Waals surface area (Å²) >= 11 is 0. The zero-order valence-corrected chi connectivity index (χ0v) is 18.6. The molecular formula is C25H21FN4O5. The van der Waals surface area contributed by atoms with Crippen LogP contribution in [0.1, 0.15) is 16.2 Å². The van der Waals surface area contributed by atoms with E-state index in [2.05, 4.69) is 20.8 Å². The van der Waals surface area contributed by atoms with Gasteiger partial charge in [0.1, 0.15) is 34.9 Å². The first-order valence-electron chi connectivity index (χ1n) is 10.6. The third-order valence-corrected chi connectivity index (χ3v) is 4.86. The van der Waals surface area contributed by atoms with E-state index in [0.717, 1.165) is 5.56 Å². The Hall–Kier alpha value is -4.57. The molecule has 4 aromatic rings. The number of carbonyl (C=O) groups excluding carboxylic acids is 2. The molecule has 2 aromatic heterocycles. The molecule has 1 atom stereocenters. The van der Waals surface area contributed by atoms with Gasteiger partial charge in [0.15, 0.2) is 5.69 Å². The summed E-state index contributed by atoms with van der Waals surface area (Å²) in [5.41, 5.74) is 1.35. The number of aryl methyl sites for hydroxylation is 1. The molecule has 2 heterocycles. The Bertz CT molecular complexity index is 1320. The standard InChI is InChI=1S/C25H21FN4O5/c1-15-13-21(30-35-15)24(32)28-22(14-31)25(33)29-23-4-2-3-20(27-23)16-5-9-18(10-6-16)34-19-11-7-17(26)8-12-19/h2-13,22,31H,14H2,1H3,(H,28,32)(H,27,29,33)/t22-/m0/s1. The van der Waals surface area contributed by atoms with Crippen LogP contribution < -0.4 is 15.4 Å². The number of benzene rings is 2. The normalized spacial score (nSPS) is 11.5. The van der Waals surface area contributed by atoms with E-state index in [1.165, 1.54) is 30.3 Å². The third kappa shape index (κ3) is 6.06. The number of halogens is 1. The van der Waals surface area contributed by atoms with Gasteiger partial charge in [0.05, 0.1) is 12.3 Å². The van der Waals surface area contributed by atoms with Gasteiger partial charge in [-0.05, 0) is 67.6 Å². The van der Waals surface area contributed by atoms with Crippen molar-refractivity contribution in [2.24, 2.45) is 0 Å². The van der Waals surface area contributed by atoms with Crippen LogP contribution in [0.3, 0.4) is 0 Å². The second-order valence-corrected chi connectivity index (χ2v) is 7.51. The van der Waals surface area contributed by atoms with Crippen LogP contribution in [-0.2, 0) is 4.79 Å². The van der Waals surface area contributed by atoms with E-state index < -0.39 is 24.5 Å². The molecule has 0 saturated heterocycles. The van der Waals surface area contributed by atoms with Crippen LogP contribution in [0.25, 0.3) is 11.3 Å². The summed E-state index contributed by atoms with van der Waals surface area (Å²) < 4.78 is 23.6. The fourth-order valence-electron chi connectivity index (χ4n) is 3.11. The van der Waals surface area contributed by atoms with Crippen LogP contribution in [0, 0.1) is 12.7 Å². The van der Waals surface area contributed by atoms with Crippen LogP contribution in [0.2, 0.25) is 0 Å². The van der Waals surface area contributed by atoms with Gasteiger partial charge in [-0.3, -0.25) is 9.59 Å². The Balaban J connectivity index is 1.41. The lowest BCUT2D eigenvalue weighted by Gasteiger charge is -2.15. The number of rotatable bonds is 8. The molecule has 9 nitrogen and oxygen atoms in total. The van der Waals surface area contributed by atoms with Crippen LogP contribution in [0.5, 0.6) is 11.5 Å². The van der Waals surface area contributed by atoms with Crippen LogP contribution in [0.15, 0.2) is 77.3 Å². The number of aliphatic hydroxyl groups is 1. The molecule has 0 aliphatic carbocycles. The maximum Gasteiger partial charge on any atom is 0.274 e. The minimum atomic E-state index is -1.21. The number of hydrogen-bond donors (Lipinski definition) is 3. The van der Waals surface area contributed by atoms with E-state index in [-0.39, 0.29) is 17.3 Å². The largest absolute Gasteiger partial charge is 0.457 e. The van der Waals surface area contributed by atoms with Crippen LogP contribution >= 0.6 is 0 Å². The van der Waals surface area contributed by atoms with Gasteiger partial charge in [-0.25, -0.2) is 9.37 Å². The molecule has 0 bridgehead atoms. The van der Waals surface area contributed by atoms with Gasteiger partial charge in [-0.1, -0.05) is 11.2 Å². The molecule has 2 aromatic carbocycles. The summed E-state index contributed by atoms with van der Waals surface area (Å²) in [6.45, 7) is 1.01. The minimum absolute atomic E-state index is 0.000673. The zero-order chi connectivity index (χ0) is 24.8. The van der Waals surface area contributed by atoms with Crippen molar-refractivity contribution in [1.29, 1.82) is 0 Å². The number of nitrogens with one attached hydrogen (secondary N) is 2. The van der Waals surface area contributed by atoms with Gasteiger partial charge in [-0.2, -0.15) is 0 Å². The van der Waals surface area contributed by atoms with Crippen molar-refractivity contribution in [3.63, 3.8) is 0 Å². The van der Waals surface area contributed by atoms with E-state index in [1.807, 2.05) is 0 Å². The second kappa shape index (κ2) is 10.6. The van der Waals surface area contributed by atoms with Gasteiger partial charge in [0.2, 0.25) is 0 Å². The highest BCUT2D eigenvalue weighted by Gasteiger charge is 2.23. The first-order chi connectivity index (χ1) is 16.9. The molecule has 0 radical (unpaired) electrons. The molecule has 0 spiro atoms.